The van der Waals surface area contributed by atoms with Gasteiger partial charge in [0.1, 0.15) is 5.75 Å². The zero-order valence-electron chi connectivity index (χ0n) is 10.7. The van der Waals surface area contributed by atoms with Crippen molar-refractivity contribution in [2.45, 2.75) is 46.0 Å². The highest BCUT2D eigenvalue weighted by molar-refractivity contribution is 5.75. The van der Waals surface area contributed by atoms with Gasteiger partial charge in [-0.05, 0) is 43.9 Å². The van der Waals surface area contributed by atoms with Crippen LogP contribution in [-0.2, 0) is 4.79 Å². The largest absolute Gasteiger partial charge is 0.426 e. The van der Waals surface area contributed by atoms with E-state index in [0.717, 1.165) is 42.6 Å². The Hall–Kier alpha value is -1.31. The molecule has 0 aromatic heterocycles. The highest BCUT2D eigenvalue weighted by Gasteiger charge is 2.23. The van der Waals surface area contributed by atoms with Gasteiger partial charge in [0, 0.05) is 0 Å². The summed E-state index contributed by atoms with van der Waals surface area (Å²) in [6.07, 6.45) is 5.56. The number of hydrogen-bond donors (Lipinski definition) is 0. The molecule has 0 unspecified atom stereocenters. The number of rotatable bonds is 2. The smallest absolute Gasteiger partial charge is 0.314 e. The van der Waals surface area contributed by atoms with Crippen molar-refractivity contribution in [3.05, 3.63) is 29.3 Å². The predicted molar refractivity (Wildman–Crippen MR) is 68.1 cm³/mol. The van der Waals surface area contributed by atoms with Gasteiger partial charge in [-0.25, -0.2) is 0 Å². The molecule has 0 spiro atoms. The van der Waals surface area contributed by atoms with Gasteiger partial charge in [-0.15, -0.1) is 0 Å². The van der Waals surface area contributed by atoms with Crippen LogP contribution in [0, 0.1) is 19.8 Å². The van der Waals surface area contributed by atoms with Crippen molar-refractivity contribution in [3.8, 4) is 5.75 Å². The molecule has 1 aromatic carbocycles. The third-order valence-corrected chi connectivity index (χ3v) is 3.49. The molecule has 1 fully saturated rings. The second-order valence-corrected chi connectivity index (χ2v) is 5.02. The molecule has 0 bridgehead atoms. The molecule has 1 aliphatic carbocycles. The van der Waals surface area contributed by atoms with Gasteiger partial charge in [-0.3, -0.25) is 4.79 Å². The molecule has 0 heterocycles. The van der Waals surface area contributed by atoms with Crippen LogP contribution in [0.1, 0.15) is 43.2 Å². The maximum Gasteiger partial charge on any atom is 0.314 e. The number of ether oxygens (including phenoxy) is 1. The fourth-order valence-corrected chi connectivity index (χ4v) is 2.35. The molecule has 1 aliphatic rings. The van der Waals surface area contributed by atoms with Crippen molar-refractivity contribution in [2.75, 3.05) is 0 Å². The zero-order valence-corrected chi connectivity index (χ0v) is 10.7. The van der Waals surface area contributed by atoms with E-state index >= 15 is 0 Å². The highest BCUT2D eigenvalue weighted by atomic mass is 16.5. The Balaban J connectivity index is 2.04. The van der Waals surface area contributed by atoms with Crippen LogP contribution < -0.4 is 4.74 Å². The Morgan fingerprint density at radius 3 is 2.59 bits per heavy atom. The number of carbonyl (C=O) groups excluding carboxylic acids is 1. The second-order valence-electron chi connectivity index (χ2n) is 5.02. The Morgan fingerprint density at radius 1 is 1.18 bits per heavy atom. The van der Waals surface area contributed by atoms with E-state index in [1.165, 1.54) is 6.42 Å². The summed E-state index contributed by atoms with van der Waals surface area (Å²) < 4.78 is 5.53. The Labute approximate surface area is 103 Å². The summed E-state index contributed by atoms with van der Waals surface area (Å²) in [4.78, 5) is 12.0. The average molecular weight is 232 g/mol. The van der Waals surface area contributed by atoms with Gasteiger partial charge < -0.3 is 4.74 Å². The van der Waals surface area contributed by atoms with Gasteiger partial charge in [0.05, 0.1) is 5.92 Å². The van der Waals surface area contributed by atoms with Crippen LogP contribution >= 0.6 is 0 Å². The van der Waals surface area contributed by atoms with Crippen LogP contribution in [0.25, 0.3) is 0 Å². The van der Waals surface area contributed by atoms with Crippen molar-refractivity contribution in [3.63, 3.8) is 0 Å². The van der Waals surface area contributed by atoms with Crippen molar-refractivity contribution in [1.29, 1.82) is 0 Å². The molecule has 0 atom stereocenters. The van der Waals surface area contributed by atoms with E-state index in [2.05, 4.69) is 0 Å². The first-order valence-electron chi connectivity index (χ1n) is 6.46. The molecule has 0 amide bonds. The third-order valence-electron chi connectivity index (χ3n) is 3.49. The number of esters is 1. The lowest BCUT2D eigenvalue weighted by atomic mass is 9.89. The first-order valence-corrected chi connectivity index (χ1v) is 6.46. The van der Waals surface area contributed by atoms with Crippen LogP contribution in [-0.4, -0.2) is 5.97 Å². The molecule has 0 saturated heterocycles. The van der Waals surface area contributed by atoms with E-state index in [4.69, 9.17) is 4.74 Å². The molecular weight excluding hydrogens is 212 g/mol. The minimum Gasteiger partial charge on any atom is -0.426 e. The van der Waals surface area contributed by atoms with Crippen LogP contribution in [0.3, 0.4) is 0 Å². The van der Waals surface area contributed by atoms with Gasteiger partial charge >= 0.3 is 5.97 Å². The van der Waals surface area contributed by atoms with Crippen LogP contribution in [0.15, 0.2) is 18.2 Å². The van der Waals surface area contributed by atoms with E-state index in [0.29, 0.717) is 0 Å². The fraction of sp³-hybridized carbons (Fsp3) is 0.533. The maximum atomic E-state index is 12.0. The lowest BCUT2D eigenvalue weighted by Crippen LogP contribution is -2.23. The second kappa shape index (κ2) is 5.35. The summed E-state index contributed by atoms with van der Waals surface area (Å²) in [5.74, 6) is 0.794. The van der Waals surface area contributed by atoms with Crippen LogP contribution in [0.2, 0.25) is 0 Å². The zero-order chi connectivity index (χ0) is 12.3. The van der Waals surface area contributed by atoms with E-state index in [1.807, 2.05) is 32.0 Å². The van der Waals surface area contributed by atoms with Gasteiger partial charge in [-0.1, -0.05) is 31.4 Å². The Kier molecular flexibility index (Phi) is 3.82. The molecule has 0 radical (unpaired) electrons. The minimum absolute atomic E-state index is 0.0431. The Bertz CT molecular complexity index is 403. The molecule has 1 aromatic rings. The highest BCUT2D eigenvalue weighted by Crippen LogP contribution is 2.27. The first kappa shape index (κ1) is 12.2. The number of hydrogen-bond acceptors (Lipinski definition) is 2. The topological polar surface area (TPSA) is 26.3 Å². The van der Waals surface area contributed by atoms with Gasteiger partial charge in [0.15, 0.2) is 0 Å². The van der Waals surface area contributed by atoms with Crippen LogP contribution in [0.4, 0.5) is 0 Å². The van der Waals surface area contributed by atoms with E-state index < -0.39 is 0 Å². The third kappa shape index (κ3) is 3.09. The fourth-order valence-electron chi connectivity index (χ4n) is 2.35. The molecule has 0 N–H and O–H groups in total. The van der Waals surface area contributed by atoms with E-state index in [9.17, 15) is 4.79 Å². The van der Waals surface area contributed by atoms with Crippen molar-refractivity contribution in [1.82, 2.24) is 0 Å². The van der Waals surface area contributed by atoms with Gasteiger partial charge in [-0.2, -0.15) is 0 Å². The number of benzene rings is 1. The average Bonchev–Trinajstić information content (AvgIpc) is 2.35. The molecule has 2 heteroatoms. The summed E-state index contributed by atoms with van der Waals surface area (Å²) in [6.45, 7) is 3.99. The van der Waals surface area contributed by atoms with Crippen LogP contribution in [0.5, 0.6) is 5.75 Å². The summed E-state index contributed by atoms with van der Waals surface area (Å²) in [6, 6.07) is 5.97. The molecule has 17 heavy (non-hydrogen) atoms. The van der Waals surface area contributed by atoms with Crippen molar-refractivity contribution >= 4 is 5.97 Å². The van der Waals surface area contributed by atoms with Crippen molar-refractivity contribution in [2.24, 2.45) is 5.92 Å². The molecule has 2 nitrogen and oxygen atoms in total. The number of aryl methyl sites for hydroxylation is 2. The summed E-state index contributed by atoms with van der Waals surface area (Å²) >= 11 is 0. The van der Waals surface area contributed by atoms with E-state index in [1.54, 1.807) is 0 Å². The summed E-state index contributed by atoms with van der Waals surface area (Å²) in [5.41, 5.74) is 2.15. The first-order chi connectivity index (χ1) is 8.16. The standard InChI is InChI=1S/C15H20O2/c1-11-8-9-12(2)14(10-11)17-15(16)13-6-4-3-5-7-13/h8-10,13H,3-7H2,1-2H3. The monoisotopic (exact) mass is 232 g/mol. The van der Waals surface area contributed by atoms with Crippen molar-refractivity contribution < 1.29 is 9.53 Å². The lowest BCUT2D eigenvalue weighted by molar-refractivity contribution is -0.140. The predicted octanol–water partition coefficient (Wildman–Crippen LogP) is 3.79. The van der Waals surface area contributed by atoms with Gasteiger partial charge in [0.2, 0.25) is 0 Å². The lowest BCUT2D eigenvalue weighted by Gasteiger charge is -2.20. The van der Waals surface area contributed by atoms with Gasteiger partial charge in [0.25, 0.3) is 0 Å². The molecule has 1 saturated carbocycles. The molecule has 92 valence electrons. The molecular formula is C15H20O2. The molecule has 0 aliphatic heterocycles. The SMILES string of the molecule is Cc1ccc(C)c(OC(=O)C2CCCCC2)c1. The Morgan fingerprint density at radius 2 is 1.88 bits per heavy atom. The molecule has 2 rings (SSSR count). The normalized spacial score (nSPS) is 16.8. The summed E-state index contributed by atoms with van der Waals surface area (Å²) in [5, 5.41) is 0. The van der Waals surface area contributed by atoms with E-state index in [-0.39, 0.29) is 11.9 Å². The quantitative estimate of drug-likeness (QED) is 0.573. The number of carbonyl (C=O) groups is 1. The minimum atomic E-state index is -0.0431. The maximum absolute atomic E-state index is 12.0. The summed E-state index contributed by atoms with van der Waals surface area (Å²) in [7, 11) is 0.